The van der Waals surface area contributed by atoms with E-state index in [1.165, 1.54) is 4.90 Å². The van der Waals surface area contributed by atoms with Gasteiger partial charge in [0.05, 0.1) is 6.42 Å². The molecule has 1 aromatic carbocycles. The Morgan fingerprint density at radius 2 is 1.92 bits per heavy atom. The molecule has 140 valence electrons. The molecule has 1 saturated heterocycles. The fourth-order valence-electron chi connectivity index (χ4n) is 2.93. The van der Waals surface area contributed by atoms with Crippen LogP contribution in [-0.2, 0) is 9.59 Å². The molecule has 0 unspecified atom stereocenters. The van der Waals surface area contributed by atoms with Crippen molar-refractivity contribution in [1.82, 2.24) is 10.2 Å². The molecule has 0 atom stereocenters. The molecule has 3 amide bonds. The molecule has 0 spiro atoms. The van der Waals surface area contributed by atoms with E-state index in [1.54, 1.807) is 24.3 Å². The van der Waals surface area contributed by atoms with Gasteiger partial charge in [0, 0.05) is 24.2 Å². The maximum Gasteiger partial charge on any atom is 0.256 e. The Morgan fingerprint density at radius 3 is 2.65 bits per heavy atom. The lowest BCUT2D eigenvalue weighted by atomic mass is 10.1. The number of nitrogens with one attached hydrogen (secondary N) is 1. The van der Waals surface area contributed by atoms with E-state index in [1.807, 2.05) is 6.07 Å². The summed E-state index contributed by atoms with van der Waals surface area (Å²) in [6.07, 6.45) is 6.73. The minimum atomic E-state index is -0.205. The van der Waals surface area contributed by atoms with Crippen LogP contribution in [0.25, 0.3) is 6.08 Å². The largest absolute Gasteiger partial charge is 0.352 e. The van der Waals surface area contributed by atoms with Gasteiger partial charge in [0.2, 0.25) is 5.91 Å². The topological polar surface area (TPSA) is 66.5 Å². The normalized spacial score (nSPS) is 15.8. The maximum atomic E-state index is 12.5. The summed E-state index contributed by atoms with van der Waals surface area (Å²) in [5, 5.41) is 2.88. The first-order valence-corrected chi connectivity index (χ1v) is 9.50. The van der Waals surface area contributed by atoms with E-state index < -0.39 is 0 Å². The van der Waals surface area contributed by atoms with Crippen molar-refractivity contribution in [2.45, 2.75) is 52.4 Å². The number of carbonyl (C=O) groups is 3. The van der Waals surface area contributed by atoms with E-state index in [-0.39, 0.29) is 24.1 Å². The van der Waals surface area contributed by atoms with Gasteiger partial charge in [-0.2, -0.15) is 0 Å². The number of imide groups is 1. The third-order valence-corrected chi connectivity index (χ3v) is 4.45. The van der Waals surface area contributed by atoms with Gasteiger partial charge >= 0.3 is 0 Å². The van der Waals surface area contributed by atoms with Crippen LogP contribution in [0.15, 0.2) is 29.8 Å². The fourth-order valence-corrected chi connectivity index (χ4v) is 2.93. The Kier molecular flexibility index (Phi) is 7.57. The Morgan fingerprint density at radius 1 is 1.15 bits per heavy atom. The quantitative estimate of drug-likeness (QED) is 0.418. The van der Waals surface area contributed by atoms with Crippen LogP contribution in [0.3, 0.4) is 0 Å². The highest BCUT2D eigenvalue weighted by Crippen LogP contribution is 2.22. The van der Waals surface area contributed by atoms with Gasteiger partial charge in [0.25, 0.3) is 11.8 Å². The lowest BCUT2D eigenvalue weighted by Gasteiger charge is -2.12. The molecule has 0 saturated carbocycles. The summed E-state index contributed by atoms with van der Waals surface area (Å²) in [4.78, 5) is 38.1. The number of likely N-dealkylation sites (tertiary alicyclic amines) is 1. The Balaban J connectivity index is 2.07. The number of nitrogens with zero attached hydrogens (tertiary/aromatic N) is 1. The number of unbranched alkanes of at least 4 members (excludes halogenated alkanes) is 3. The smallest absolute Gasteiger partial charge is 0.256 e. The second-order valence-corrected chi connectivity index (χ2v) is 6.64. The zero-order chi connectivity index (χ0) is 18.9. The summed E-state index contributed by atoms with van der Waals surface area (Å²) in [7, 11) is 0. The lowest BCUT2D eigenvalue weighted by molar-refractivity contribution is -0.137. The van der Waals surface area contributed by atoms with Crippen molar-refractivity contribution in [3.8, 4) is 0 Å². The van der Waals surface area contributed by atoms with Crippen molar-refractivity contribution < 1.29 is 14.4 Å². The van der Waals surface area contributed by atoms with Crippen molar-refractivity contribution in [3.63, 3.8) is 0 Å². The van der Waals surface area contributed by atoms with Crippen molar-refractivity contribution in [1.29, 1.82) is 0 Å². The highest BCUT2D eigenvalue weighted by Gasteiger charge is 2.33. The second-order valence-electron chi connectivity index (χ2n) is 6.64. The SMILES string of the molecule is CCCCCN1C(=O)C/C(=C\c2cccc(C(=O)NCCCC)c2)C1=O. The van der Waals surface area contributed by atoms with Gasteiger partial charge in [0.15, 0.2) is 0 Å². The fraction of sp³-hybridized carbons (Fsp3) is 0.476. The van der Waals surface area contributed by atoms with Crippen LogP contribution in [-0.4, -0.2) is 35.7 Å². The minimum Gasteiger partial charge on any atom is -0.352 e. The molecule has 1 aromatic rings. The number of benzene rings is 1. The highest BCUT2D eigenvalue weighted by atomic mass is 16.2. The standard InChI is InChI=1S/C21H28N2O3/c1-3-5-7-12-23-19(24)15-18(21(23)26)14-16-9-8-10-17(13-16)20(25)22-11-6-4-2/h8-10,13-14H,3-7,11-12,15H2,1-2H3,(H,22,25)/b18-14+. The first kappa shape index (κ1) is 19.9. The molecule has 2 rings (SSSR count). The first-order valence-electron chi connectivity index (χ1n) is 9.50. The lowest BCUT2D eigenvalue weighted by Crippen LogP contribution is -2.30. The number of amides is 3. The minimum absolute atomic E-state index is 0.117. The summed E-state index contributed by atoms with van der Waals surface area (Å²) >= 11 is 0. The van der Waals surface area contributed by atoms with Crippen molar-refractivity contribution in [2.75, 3.05) is 13.1 Å². The molecule has 0 aliphatic carbocycles. The third kappa shape index (κ3) is 5.28. The molecule has 5 nitrogen and oxygen atoms in total. The van der Waals surface area contributed by atoms with Crippen LogP contribution in [0.2, 0.25) is 0 Å². The molecule has 1 N–H and O–H groups in total. The van der Waals surface area contributed by atoms with E-state index in [2.05, 4.69) is 19.2 Å². The Bertz CT molecular complexity index is 694. The van der Waals surface area contributed by atoms with E-state index in [0.29, 0.717) is 24.2 Å². The molecule has 1 heterocycles. The number of hydrogen-bond acceptors (Lipinski definition) is 3. The van der Waals surface area contributed by atoms with Crippen LogP contribution < -0.4 is 5.32 Å². The van der Waals surface area contributed by atoms with Gasteiger partial charge < -0.3 is 5.32 Å². The molecule has 1 fully saturated rings. The van der Waals surface area contributed by atoms with Crippen LogP contribution >= 0.6 is 0 Å². The molecule has 1 aliphatic heterocycles. The van der Waals surface area contributed by atoms with Crippen LogP contribution in [0.1, 0.15) is 68.3 Å². The van der Waals surface area contributed by atoms with E-state index in [9.17, 15) is 14.4 Å². The van der Waals surface area contributed by atoms with E-state index >= 15 is 0 Å². The van der Waals surface area contributed by atoms with Crippen LogP contribution in [0, 0.1) is 0 Å². The number of hydrogen-bond donors (Lipinski definition) is 1. The zero-order valence-electron chi connectivity index (χ0n) is 15.7. The molecule has 26 heavy (non-hydrogen) atoms. The van der Waals surface area contributed by atoms with Crippen LogP contribution in [0.5, 0.6) is 0 Å². The predicted molar refractivity (Wildman–Crippen MR) is 103 cm³/mol. The zero-order valence-corrected chi connectivity index (χ0v) is 15.7. The van der Waals surface area contributed by atoms with Gasteiger partial charge in [-0.25, -0.2) is 0 Å². The average molecular weight is 356 g/mol. The highest BCUT2D eigenvalue weighted by molar-refractivity contribution is 6.15. The van der Waals surface area contributed by atoms with Crippen molar-refractivity contribution in [2.24, 2.45) is 0 Å². The Hall–Kier alpha value is -2.43. The molecular formula is C21H28N2O3. The molecule has 0 aromatic heterocycles. The van der Waals surface area contributed by atoms with E-state index in [0.717, 1.165) is 37.7 Å². The maximum absolute atomic E-state index is 12.5. The molecule has 0 bridgehead atoms. The summed E-state index contributed by atoms with van der Waals surface area (Å²) in [5.41, 5.74) is 1.82. The van der Waals surface area contributed by atoms with Crippen molar-refractivity contribution >= 4 is 23.8 Å². The number of rotatable bonds is 9. The summed E-state index contributed by atoms with van der Waals surface area (Å²) in [5.74, 6) is -0.455. The molecule has 1 aliphatic rings. The molecule has 5 heteroatoms. The molecule has 0 radical (unpaired) electrons. The third-order valence-electron chi connectivity index (χ3n) is 4.45. The van der Waals surface area contributed by atoms with Gasteiger partial charge in [-0.3, -0.25) is 19.3 Å². The first-order chi connectivity index (χ1) is 12.6. The van der Waals surface area contributed by atoms with Gasteiger partial charge in [-0.05, 0) is 36.6 Å². The van der Waals surface area contributed by atoms with Crippen molar-refractivity contribution in [3.05, 3.63) is 41.0 Å². The second kappa shape index (κ2) is 9.90. The summed E-state index contributed by atoms with van der Waals surface area (Å²) < 4.78 is 0. The van der Waals surface area contributed by atoms with Crippen LogP contribution in [0.4, 0.5) is 0 Å². The number of carbonyl (C=O) groups excluding carboxylic acids is 3. The van der Waals surface area contributed by atoms with Gasteiger partial charge in [-0.1, -0.05) is 45.2 Å². The monoisotopic (exact) mass is 356 g/mol. The van der Waals surface area contributed by atoms with Gasteiger partial charge in [-0.15, -0.1) is 0 Å². The van der Waals surface area contributed by atoms with E-state index in [4.69, 9.17) is 0 Å². The average Bonchev–Trinajstić information content (AvgIpc) is 2.89. The predicted octanol–water partition coefficient (Wildman–Crippen LogP) is 3.55. The summed E-state index contributed by atoms with van der Waals surface area (Å²) in [6.45, 7) is 5.30. The van der Waals surface area contributed by atoms with Gasteiger partial charge in [0.1, 0.15) is 0 Å². The summed E-state index contributed by atoms with van der Waals surface area (Å²) in [6, 6.07) is 7.14. The Labute approximate surface area is 155 Å². The molecular weight excluding hydrogens is 328 g/mol.